The van der Waals surface area contributed by atoms with Crippen LogP contribution in [0.3, 0.4) is 0 Å². The predicted molar refractivity (Wildman–Crippen MR) is 78.6 cm³/mol. The van der Waals surface area contributed by atoms with Crippen LogP contribution in [0.2, 0.25) is 0 Å². The Morgan fingerprint density at radius 3 is 3.00 bits per heavy atom. The van der Waals surface area contributed by atoms with Crippen LogP contribution in [0.5, 0.6) is 0 Å². The van der Waals surface area contributed by atoms with Gasteiger partial charge in [-0.25, -0.2) is 0 Å². The summed E-state index contributed by atoms with van der Waals surface area (Å²) in [5.74, 6) is 0.0563. The van der Waals surface area contributed by atoms with E-state index < -0.39 is 0 Å². The van der Waals surface area contributed by atoms with Crippen LogP contribution in [0.15, 0.2) is 15.9 Å². The Kier molecular flexibility index (Phi) is 6.07. The minimum Gasteiger partial charge on any atom is -0.373 e. The highest BCUT2D eigenvalue weighted by Crippen LogP contribution is 2.25. The number of amides is 1. The summed E-state index contributed by atoms with van der Waals surface area (Å²) in [7, 11) is 0. The van der Waals surface area contributed by atoms with Crippen LogP contribution in [0, 0.1) is 0 Å². The SMILES string of the molecule is CC(N)C1CN(C(=O)c2sccc2Br)CCO1.Cl. The number of nitrogens with zero attached hydrogens (tertiary/aromatic N) is 1. The third-order valence-corrected chi connectivity index (χ3v) is 4.60. The Bertz CT molecular complexity index is 414. The number of thiophene rings is 1. The summed E-state index contributed by atoms with van der Waals surface area (Å²) in [6, 6.07) is 1.83. The fourth-order valence-corrected chi connectivity index (χ4v) is 3.28. The largest absolute Gasteiger partial charge is 0.373 e. The molecule has 102 valence electrons. The molecule has 2 heterocycles. The second-order valence-corrected chi connectivity index (χ2v) is 5.89. The Balaban J connectivity index is 0.00000162. The normalized spacial score (nSPS) is 21.3. The minimum absolute atomic E-state index is 0. The van der Waals surface area contributed by atoms with Crippen LogP contribution in [-0.4, -0.2) is 42.6 Å². The quantitative estimate of drug-likeness (QED) is 0.884. The van der Waals surface area contributed by atoms with Crippen molar-refractivity contribution < 1.29 is 9.53 Å². The van der Waals surface area contributed by atoms with Crippen molar-refractivity contribution in [1.29, 1.82) is 0 Å². The second kappa shape index (κ2) is 6.86. The molecule has 0 spiro atoms. The summed E-state index contributed by atoms with van der Waals surface area (Å²) >= 11 is 4.84. The summed E-state index contributed by atoms with van der Waals surface area (Å²) in [6.07, 6.45) is -0.0635. The summed E-state index contributed by atoms with van der Waals surface area (Å²) in [6.45, 7) is 3.66. The van der Waals surface area contributed by atoms with Crippen LogP contribution in [0.4, 0.5) is 0 Å². The van der Waals surface area contributed by atoms with E-state index in [0.717, 1.165) is 9.35 Å². The van der Waals surface area contributed by atoms with Gasteiger partial charge in [-0.2, -0.15) is 0 Å². The predicted octanol–water partition coefficient (Wildman–Crippen LogP) is 2.12. The molecule has 2 unspecified atom stereocenters. The van der Waals surface area contributed by atoms with Gasteiger partial charge in [-0.05, 0) is 34.3 Å². The number of carbonyl (C=O) groups excluding carboxylic acids is 1. The molecule has 4 nitrogen and oxygen atoms in total. The van der Waals surface area contributed by atoms with E-state index in [-0.39, 0.29) is 30.5 Å². The van der Waals surface area contributed by atoms with E-state index in [1.807, 2.05) is 23.3 Å². The monoisotopic (exact) mass is 354 g/mol. The summed E-state index contributed by atoms with van der Waals surface area (Å²) < 4.78 is 6.40. The van der Waals surface area contributed by atoms with Gasteiger partial charge in [0.15, 0.2) is 0 Å². The van der Waals surface area contributed by atoms with Crippen molar-refractivity contribution in [2.45, 2.75) is 19.1 Å². The smallest absolute Gasteiger partial charge is 0.265 e. The van der Waals surface area contributed by atoms with Gasteiger partial charge in [0.05, 0.1) is 12.7 Å². The van der Waals surface area contributed by atoms with E-state index in [1.165, 1.54) is 11.3 Å². The zero-order chi connectivity index (χ0) is 12.4. The number of hydrogen-bond acceptors (Lipinski definition) is 4. The Labute approximate surface area is 125 Å². The molecular weight excluding hydrogens is 340 g/mol. The number of ether oxygens (including phenoxy) is 1. The lowest BCUT2D eigenvalue weighted by Gasteiger charge is -2.34. The Hall–Kier alpha value is -0.140. The van der Waals surface area contributed by atoms with E-state index in [4.69, 9.17) is 10.5 Å². The molecule has 7 heteroatoms. The van der Waals surface area contributed by atoms with Crippen molar-refractivity contribution in [3.05, 3.63) is 20.8 Å². The Morgan fingerprint density at radius 2 is 2.44 bits per heavy atom. The molecule has 0 aliphatic carbocycles. The van der Waals surface area contributed by atoms with Crippen LogP contribution in [-0.2, 0) is 4.74 Å². The van der Waals surface area contributed by atoms with Gasteiger partial charge in [-0.3, -0.25) is 4.79 Å². The number of nitrogens with two attached hydrogens (primary N) is 1. The standard InChI is InChI=1S/C11H15BrN2O2S.ClH/c1-7(13)9-6-14(3-4-16-9)11(15)10-8(12)2-5-17-10;/h2,5,7,9H,3-4,6,13H2,1H3;1H. The van der Waals surface area contributed by atoms with Crippen LogP contribution >= 0.6 is 39.7 Å². The molecule has 1 aliphatic rings. The maximum absolute atomic E-state index is 12.3. The molecule has 0 saturated carbocycles. The first kappa shape index (κ1) is 15.9. The molecule has 0 aromatic carbocycles. The fraction of sp³-hybridized carbons (Fsp3) is 0.545. The van der Waals surface area contributed by atoms with Crippen LogP contribution in [0.25, 0.3) is 0 Å². The van der Waals surface area contributed by atoms with Crippen molar-refractivity contribution in [1.82, 2.24) is 4.90 Å². The van der Waals surface area contributed by atoms with Gasteiger partial charge in [-0.15, -0.1) is 23.7 Å². The number of hydrogen-bond donors (Lipinski definition) is 1. The van der Waals surface area contributed by atoms with E-state index in [9.17, 15) is 4.79 Å². The molecule has 1 saturated heterocycles. The molecule has 2 atom stereocenters. The molecule has 1 aromatic rings. The average molecular weight is 356 g/mol. The highest BCUT2D eigenvalue weighted by atomic mass is 79.9. The van der Waals surface area contributed by atoms with Gasteiger partial charge < -0.3 is 15.4 Å². The number of rotatable bonds is 2. The van der Waals surface area contributed by atoms with E-state index in [2.05, 4.69) is 15.9 Å². The van der Waals surface area contributed by atoms with Crippen molar-refractivity contribution in [2.75, 3.05) is 19.7 Å². The molecule has 1 aromatic heterocycles. The van der Waals surface area contributed by atoms with Crippen molar-refractivity contribution in [3.8, 4) is 0 Å². The number of halogens is 2. The average Bonchev–Trinajstić information content (AvgIpc) is 2.74. The fourth-order valence-electron chi connectivity index (χ4n) is 1.77. The first-order chi connectivity index (χ1) is 8.09. The molecule has 1 aliphatic heterocycles. The van der Waals surface area contributed by atoms with Crippen LogP contribution < -0.4 is 5.73 Å². The van der Waals surface area contributed by atoms with Crippen molar-refractivity contribution >= 4 is 45.6 Å². The highest BCUT2D eigenvalue weighted by Gasteiger charge is 2.28. The van der Waals surface area contributed by atoms with E-state index >= 15 is 0 Å². The topological polar surface area (TPSA) is 55.6 Å². The van der Waals surface area contributed by atoms with Gasteiger partial charge >= 0.3 is 0 Å². The highest BCUT2D eigenvalue weighted by molar-refractivity contribution is 9.10. The van der Waals surface area contributed by atoms with Gasteiger partial charge in [-0.1, -0.05) is 0 Å². The lowest BCUT2D eigenvalue weighted by molar-refractivity contribution is -0.0298. The molecule has 0 radical (unpaired) electrons. The molecule has 2 rings (SSSR count). The second-order valence-electron chi connectivity index (χ2n) is 4.12. The maximum Gasteiger partial charge on any atom is 0.265 e. The number of morpholine rings is 1. The van der Waals surface area contributed by atoms with Gasteiger partial charge in [0.25, 0.3) is 5.91 Å². The minimum atomic E-state index is -0.0635. The molecule has 0 bridgehead atoms. The summed E-state index contributed by atoms with van der Waals surface area (Å²) in [5, 5.41) is 1.90. The summed E-state index contributed by atoms with van der Waals surface area (Å²) in [5.41, 5.74) is 5.81. The first-order valence-electron chi connectivity index (χ1n) is 5.49. The lowest BCUT2D eigenvalue weighted by Crippen LogP contribution is -2.51. The zero-order valence-corrected chi connectivity index (χ0v) is 13.2. The zero-order valence-electron chi connectivity index (χ0n) is 9.97. The Morgan fingerprint density at radius 1 is 1.72 bits per heavy atom. The summed E-state index contributed by atoms with van der Waals surface area (Å²) in [4.78, 5) is 14.8. The van der Waals surface area contributed by atoms with E-state index in [0.29, 0.717) is 19.7 Å². The van der Waals surface area contributed by atoms with Gasteiger partial charge in [0.2, 0.25) is 0 Å². The molecule has 1 amide bonds. The van der Waals surface area contributed by atoms with Crippen molar-refractivity contribution in [3.63, 3.8) is 0 Å². The number of carbonyl (C=O) groups is 1. The van der Waals surface area contributed by atoms with Crippen molar-refractivity contribution in [2.24, 2.45) is 5.73 Å². The third-order valence-electron chi connectivity index (χ3n) is 2.78. The lowest BCUT2D eigenvalue weighted by atomic mass is 10.1. The molecular formula is C11H16BrClN2O2S. The van der Waals surface area contributed by atoms with Gasteiger partial charge in [0, 0.05) is 23.6 Å². The molecule has 18 heavy (non-hydrogen) atoms. The maximum atomic E-state index is 12.3. The van der Waals surface area contributed by atoms with Crippen LogP contribution in [0.1, 0.15) is 16.6 Å². The molecule has 1 fully saturated rings. The van der Waals surface area contributed by atoms with E-state index in [1.54, 1.807) is 0 Å². The molecule has 2 N–H and O–H groups in total. The van der Waals surface area contributed by atoms with Gasteiger partial charge in [0.1, 0.15) is 4.88 Å². The first-order valence-corrected chi connectivity index (χ1v) is 7.16. The third kappa shape index (κ3) is 3.45.